The van der Waals surface area contributed by atoms with Gasteiger partial charge in [0, 0.05) is 0 Å². The zero-order valence-electron chi connectivity index (χ0n) is 10.1. The smallest absolute Gasteiger partial charge is 0.423 e. The van der Waals surface area contributed by atoms with Crippen molar-refractivity contribution in [3.05, 3.63) is 29.3 Å². The average molecular weight is 230 g/mol. The van der Waals surface area contributed by atoms with Crippen molar-refractivity contribution in [2.45, 2.75) is 50.4 Å². The van der Waals surface area contributed by atoms with Gasteiger partial charge in [-0.15, -0.1) is 0 Å². The average Bonchev–Trinajstić information content (AvgIpc) is 2.14. The summed E-state index contributed by atoms with van der Waals surface area (Å²) < 4.78 is 0. The van der Waals surface area contributed by atoms with E-state index in [1.54, 1.807) is 0 Å². The summed E-state index contributed by atoms with van der Waals surface area (Å²) >= 11 is 0. The fourth-order valence-electron chi connectivity index (χ4n) is 3.07. The third kappa shape index (κ3) is 1.92. The van der Waals surface area contributed by atoms with Gasteiger partial charge in [0.05, 0.1) is 0 Å². The van der Waals surface area contributed by atoms with E-state index in [-0.39, 0.29) is 0 Å². The zero-order valence-corrected chi connectivity index (χ0v) is 10.1. The first-order valence-electron chi connectivity index (χ1n) is 6.76. The van der Waals surface area contributed by atoms with E-state index in [0.717, 1.165) is 5.46 Å². The Labute approximate surface area is 103 Å². The van der Waals surface area contributed by atoms with Crippen molar-refractivity contribution >= 4 is 12.6 Å². The van der Waals surface area contributed by atoms with Crippen molar-refractivity contribution < 1.29 is 10.0 Å². The highest BCUT2D eigenvalue weighted by atomic mass is 16.4. The zero-order chi connectivity index (χ0) is 11.8. The van der Waals surface area contributed by atoms with Gasteiger partial charge >= 0.3 is 7.12 Å². The Hall–Kier alpha value is -0.795. The lowest BCUT2D eigenvalue weighted by molar-refractivity contribution is 0.386. The van der Waals surface area contributed by atoms with Gasteiger partial charge in [0.2, 0.25) is 0 Å². The maximum atomic E-state index is 9.53. The van der Waals surface area contributed by atoms with Gasteiger partial charge in [-0.2, -0.15) is 0 Å². The predicted octanol–water partition coefficient (Wildman–Crippen LogP) is 1.90. The van der Waals surface area contributed by atoms with Crippen molar-refractivity contribution in [2.24, 2.45) is 0 Å². The molecule has 2 saturated carbocycles. The molecule has 3 rings (SSSR count). The fourth-order valence-corrected chi connectivity index (χ4v) is 3.07. The van der Waals surface area contributed by atoms with E-state index in [2.05, 4.69) is 6.07 Å². The van der Waals surface area contributed by atoms with Crippen molar-refractivity contribution in [1.29, 1.82) is 0 Å². The summed E-state index contributed by atoms with van der Waals surface area (Å²) in [6.45, 7) is 0. The summed E-state index contributed by atoms with van der Waals surface area (Å²) in [6.07, 6.45) is 7.56. The van der Waals surface area contributed by atoms with E-state index in [1.165, 1.54) is 49.7 Å². The van der Waals surface area contributed by atoms with Gasteiger partial charge in [0.25, 0.3) is 0 Å². The predicted molar refractivity (Wildman–Crippen MR) is 69.5 cm³/mol. The largest absolute Gasteiger partial charge is 0.488 e. The SMILES string of the molecule is OB(O)c1cccc(C2CCC2)c1C1CCC1. The number of hydrogen-bond acceptors (Lipinski definition) is 2. The van der Waals surface area contributed by atoms with Crippen LogP contribution in [0.1, 0.15) is 61.5 Å². The number of benzene rings is 1. The van der Waals surface area contributed by atoms with Crippen LogP contribution in [0.4, 0.5) is 0 Å². The second-order valence-corrected chi connectivity index (χ2v) is 5.48. The van der Waals surface area contributed by atoms with Crippen molar-refractivity contribution in [3.63, 3.8) is 0 Å². The normalized spacial score (nSPS) is 20.8. The second kappa shape index (κ2) is 4.47. The van der Waals surface area contributed by atoms with E-state index < -0.39 is 7.12 Å². The molecular weight excluding hydrogens is 211 g/mol. The summed E-state index contributed by atoms with van der Waals surface area (Å²) in [6, 6.07) is 6.05. The van der Waals surface area contributed by atoms with Gasteiger partial charge in [-0.25, -0.2) is 0 Å². The Morgan fingerprint density at radius 2 is 1.59 bits per heavy atom. The minimum Gasteiger partial charge on any atom is -0.423 e. The standard InChI is InChI=1S/C14H19BO2/c16-15(17)13-9-3-8-12(10-4-1-5-10)14(13)11-6-2-7-11/h3,8-11,16-17H,1-2,4-7H2. The minimum atomic E-state index is -1.31. The van der Waals surface area contributed by atoms with Crippen LogP contribution in [-0.2, 0) is 0 Å². The van der Waals surface area contributed by atoms with E-state index in [0.29, 0.717) is 11.8 Å². The summed E-state index contributed by atoms with van der Waals surface area (Å²) in [7, 11) is -1.31. The van der Waals surface area contributed by atoms with Crippen LogP contribution in [-0.4, -0.2) is 17.2 Å². The molecule has 2 aliphatic carbocycles. The highest BCUT2D eigenvalue weighted by Gasteiger charge is 2.32. The molecule has 0 radical (unpaired) electrons. The number of rotatable bonds is 3. The molecule has 1 aromatic carbocycles. The van der Waals surface area contributed by atoms with Gasteiger partial charge in [-0.05, 0) is 54.1 Å². The van der Waals surface area contributed by atoms with E-state index in [9.17, 15) is 10.0 Å². The molecule has 0 spiro atoms. The topological polar surface area (TPSA) is 40.5 Å². The molecule has 2 aliphatic rings. The van der Waals surface area contributed by atoms with Crippen molar-refractivity contribution in [2.75, 3.05) is 0 Å². The van der Waals surface area contributed by atoms with Gasteiger partial charge in [0.15, 0.2) is 0 Å². The summed E-state index contributed by atoms with van der Waals surface area (Å²) in [4.78, 5) is 0. The third-order valence-corrected chi connectivity index (χ3v) is 4.51. The summed E-state index contributed by atoms with van der Waals surface area (Å²) in [5, 5.41) is 19.1. The highest BCUT2D eigenvalue weighted by molar-refractivity contribution is 6.59. The maximum absolute atomic E-state index is 9.53. The van der Waals surface area contributed by atoms with Crippen LogP contribution >= 0.6 is 0 Å². The van der Waals surface area contributed by atoms with Crippen LogP contribution in [0.5, 0.6) is 0 Å². The van der Waals surface area contributed by atoms with Crippen molar-refractivity contribution in [1.82, 2.24) is 0 Å². The molecule has 1 aromatic rings. The summed E-state index contributed by atoms with van der Waals surface area (Å²) in [5.41, 5.74) is 3.41. The quantitative estimate of drug-likeness (QED) is 0.778. The molecule has 0 bridgehead atoms. The fraction of sp³-hybridized carbons (Fsp3) is 0.571. The van der Waals surface area contributed by atoms with Crippen molar-refractivity contribution in [3.8, 4) is 0 Å². The molecule has 2 N–H and O–H groups in total. The maximum Gasteiger partial charge on any atom is 0.488 e. The minimum absolute atomic E-state index is 0.573. The van der Waals surface area contributed by atoms with E-state index in [1.807, 2.05) is 12.1 Å². The first-order valence-corrected chi connectivity index (χ1v) is 6.76. The molecule has 0 aromatic heterocycles. The molecule has 0 amide bonds. The first-order chi connectivity index (χ1) is 8.27. The third-order valence-electron chi connectivity index (χ3n) is 4.51. The van der Waals surface area contributed by atoms with Gasteiger partial charge in [-0.3, -0.25) is 0 Å². The lowest BCUT2D eigenvalue weighted by Crippen LogP contribution is -2.37. The van der Waals surface area contributed by atoms with Gasteiger partial charge in [0.1, 0.15) is 0 Å². The second-order valence-electron chi connectivity index (χ2n) is 5.48. The molecular formula is C14H19BO2. The molecule has 2 fully saturated rings. The molecule has 0 heterocycles. The molecule has 90 valence electrons. The number of hydrogen-bond donors (Lipinski definition) is 2. The van der Waals surface area contributed by atoms with E-state index in [4.69, 9.17) is 0 Å². The van der Waals surface area contributed by atoms with Gasteiger partial charge in [-0.1, -0.05) is 31.0 Å². The summed E-state index contributed by atoms with van der Waals surface area (Å²) in [5.74, 6) is 1.24. The van der Waals surface area contributed by atoms with Crippen LogP contribution in [0, 0.1) is 0 Å². The molecule has 0 atom stereocenters. The monoisotopic (exact) mass is 230 g/mol. The van der Waals surface area contributed by atoms with Crippen LogP contribution in [0.3, 0.4) is 0 Å². The Balaban J connectivity index is 2.03. The lowest BCUT2D eigenvalue weighted by atomic mass is 9.64. The molecule has 2 nitrogen and oxygen atoms in total. The van der Waals surface area contributed by atoms with Crippen LogP contribution in [0.15, 0.2) is 18.2 Å². The Kier molecular flexibility index (Phi) is 2.97. The van der Waals surface area contributed by atoms with Crippen LogP contribution < -0.4 is 5.46 Å². The highest BCUT2D eigenvalue weighted by Crippen LogP contribution is 2.44. The van der Waals surface area contributed by atoms with Gasteiger partial charge < -0.3 is 10.0 Å². The molecule has 3 heteroatoms. The first kappa shape index (κ1) is 11.3. The Bertz CT molecular complexity index is 409. The molecule has 0 saturated heterocycles. The molecule has 0 unspecified atom stereocenters. The molecule has 17 heavy (non-hydrogen) atoms. The Morgan fingerprint density at radius 3 is 2.06 bits per heavy atom. The lowest BCUT2D eigenvalue weighted by Gasteiger charge is -2.35. The molecule has 0 aliphatic heterocycles. The van der Waals surface area contributed by atoms with E-state index >= 15 is 0 Å². The van der Waals surface area contributed by atoms with Crippen LogP contribution in [0.2, 0.25) is 0 Å². The van der Waals surface area contributed by atoms with Crippen LogP contribution in [0.25, 0.3) is 0 Å². The Morgan fingerprint density at radius 1 is 0.941 bits per heavy atom.